The molecule has 0 aliphatic carbocycles. The Hall–Kier alpha value is -2.40. The first-order chi connectivity index (χ1) is 10.2. The van der Waals surface area contributed by atoms with Crippen LogP contribution in [0.15, 0.2) is 48.5 Å². The highest BCUT2D eigenvalue weighted by atomic mass is 16.3. The summed E-state index contributed by atoms with van der Waals surface area (Å²) in [7, 11) is 1.76. The van der Waals surface area contributed by atoms with Gasteiger partial charge in [0.05, 0.1) is 6.61 Å². The topological polar surface area (TPSA) is 65.5 Å². The number of amides is 1. The van der Waals surface area contributed by atoms with Crippen LogP contribution in [0.5, 0.6) is 0 Å². The van der Waals surface area contributed by atoms with Crippen molar-refractivity contribution in [1.82, 2.24) is 9.88 Å². The summed E-state index contributed by atoms with van der Waals surface area (Å²) in [5.41, 5.74) is 1.38. The van der Waals surface area contributed by atoms with Crippen LogP contribution >= 0.6 is 0 Å². The van der Waals surface area contributed by atoms with Gasteiger partial charge in [-0.15, -0.1) is 0 Å². The number of benzene rings is 1. The molecule has 5 heteroatoms. The van der Waals surface area contributed by atoms with Crippen molar-refractivity contribution in [2.45, 2.75) is 6.54 Å². The highest BCUT2D eigenvalue weighted by Gasteiger charge is 2.17. The molecule has 110 valence electrons. The average molecular weight is 285 g/mol. The molecule has 2 aromatic rings. The van der Waals surface area contributed by atoms with E-state index in [-0.39, 0.29) is 19.1 Å². The highest BCUT2D eigenvalue weighted by Crippen LogP contribution is 2.10. The van der Waals surface area contributed by atoms with Crippen molar-refractivity contribution in [2.24, 2.45) is 0 Å². The summed E-state index contributed by atoms with van der Waals surface area (Å²) in [4.78, 5) is 18.4. The van der Waals surface area contributed by atoms with Crippen molar-refractivity contribution in [3.05, 3.63) is 59.8 Å². The standard InChI is InChI=1S/C16H19N3O2/c1-17-15-9-5-8-14(18-15)16(21)19(10-11-20)12-13-6-3-2-4-7-13/h2-9,20H,10-12H2,1H3,(H,17,18). The van der Waals surface area contributed by atoms with Crippen molar-refractivity contribution in [3.8, 4) is 0 Å². The van der Waals surface area contributed by atoms with E-state index in [9.17, 15) is 9.90 Å². The van der Waals surface area contributed by atoms with Crippen LogP contribution in [0.3, 0.4) is 0 Å². The molecule has 0 atom stereocenters. The lowest BCUT2D eigenvalue weighted by atomic mass is 10.2. The van der Waals surface area contributed by atoms with E-state index in [0.29, 0.717) is 18.1 Å². The van der Waals surface area contributed by atoms with Crippen LogP contribution in [0.4, 0.5) is 5.82 Å². The fourth-order valence-electron chi connectivity index (χ4n) is 2.03. The predicted octanol–water partition coefficient (Wildman–Crippen LogP) is 1.76. The third-order valence-corrected chi connectivity index (χ3v) is 3.10. The Kier molecular flexibility index (Phi) is 5.29. The molecular formula is C16H19N3O2. The summed E-state index contributed by atoms with van der Waals surface area (Å²) in [5, 5.41) is 12.1. The molecule has 1 aromatic carbocycles. The Morgan fingerprint density at radius 3 is 2.62 bits per heavy atom. The number of carbonyl (C=O) groups excluding carboxylic acids is 1. The van der Waals surface area contributed by atoms with Gasteiger partial charge in [-0.1, -0.05) is 36.4 Å². The molecule has 0 saturated heterocycles. The smallest absolute Gasteiger partial charge is 0.272 e. The molecule has 0 bridgehead atoms. The summed E-state index contributed by atoms with van der Waals surface area (Å²) in [6.45, 7) is 0.648. The minimum absolute atomic E-state index is 0.0791. The Bertz CT molecular complexity index is 587. The molecule has 1 aromatic heterocycles. The Morgan fingerprint density at radius 1 is 1.19 bits per heavy atom. The van der Waals surface area contributed by atoms with Gasteiger partial charge in [-0.05, 0) is 17.7 Å². The number of aliphatic hydroxyl groups is 1. The molecule has 21 heavy (non-hydrogen) atoms. The fraction of sp³-hybridized carbons (Fsp3) is 0.250. The average Bonchev–Trinajstić information content (AvgIpc) is 2.55. The van der Waals surface area contributed by atoms with Crippen LogP contribution < -0.4 is 5.32 Å². The van der Waals surface area contributed by atoms with E-state index in [1.165, 1.54) is 0 Å². The van der Waals surface area contributed by atoms with Crippen LogP contribution in [-0.2, 0) is 6.54 Å². The van der Waals surface area contributed by atoms with E-state index in [1.54, 1.807) is 30.1 Å². The second-order valence-corrected chi connectivity index (χ2v) is 4.59. The lowest BCUT2D eigenvalue weighted by Gasteiger charge is -2.21. The van der Waals surface area contributed by atoms with Gasteiger partial charge in [0.2, 0.25) is 0 Å². The summed E-state index contributed by atoms with van der Waals surface area (Å²) in [5.74, 6) is 0.453. The second kappa shape index (κ2) is 7.40. The van der Waals surface area contributed by atoms with Gasteiger partial charge in [0.1, 0.15) is 11.5 Å². The number of carbonyl (C=O) groups is 1. The van der Waals surface area contributed by atoms with Gasteiger partial charge in [0.15, 0.2) is 0 Å². The molecular weight excluding hydrogens is 266 g/mol. The van der Waals surface area contributed by atoms with Crippen LogP contribution in [0.25, 0.3) is 0 Å². The zero-order valence-electron chi connectivity index (χ0n) is 12.0. The lowest BCUT2D eigenvalue weighted by Crippen LogP contribution is -2.33. The van der Waals surface area contributed by atoms with E-state index < -0.39 is 0 Å². The summed E-state index contributed by atoms with van der Waals surface area (Å²) in [6, 6.07) is 15.0. The molecule has 0 unspecified atom stereocenters. The first-order valence-corrected chi connectivity index (χ1v) is 6.83. The molecule has 0 spiro atoms. The number of hydrogen-bond donors (Lipinski definition) is 2. The number of aromatic nitrogens is 1. The Morgan fingerprint density at radius 2 is 1.95 bits per heavy atom. The molecule has 1 amide bonds. The number of anilines is 1. The van der Waals surface area contributed by atoms with E-state index in [1.807, 2.05) is 30.3 Å². The molecule has 1 heterocycles. The summed E-state index contributed by atoms with van der Waals surface area (Å²) < 4.78 is 0. The fourth-order valence-corrected chi connectivity index (χ4v) is 2.03. The van der Waals surface area contributed by atoms with Gasteiger partial charge in [-0.25, -0.2) is 4.98 Å². The maximum atomic E-state index is 12.5. The van der Waals surface area contributed by atoms with Gasteiger partial charge in [0.25, 0.3) is 5.91 Å². The van der Waals surface area contributed by atoms with Crippen molar-refractivity contribution in [1.29, 1.82) is 0 Å². The number of pyridine rings is 1. The van der Waals surface area contributed by atoms with Crippen molar-refractivity contribution in [3.63, 3.8) is 0 Å². The molecule has 0 aliphatic heterocycles. The van der Waals surface area contributed by atoms with E-state index >= 15 is 0 Å². The van der Waals surface area contributed by atoms with E-state index in [0.717, 1.165) is 5.56 Å². The maximum Gasteiger partial charge on any atom is 0.272 e. The summed E-state index contributed by atoms with van der Waals surface area (Å²) >= 11 is 0. The monoisotopic (exact) mass is 285 g/mol. The van der Waals surface area contributed by atoms with Crippen molar-refractivity contribution < 1.29 is 9.90 Å². The largest absolute Gasteiger partial charge is 0.395 e. The summed E-state index contributed by atoms with van der Waals surface area (Å²) in [6.07, 6.45) is 0. The number of rotatable bonds is 6. The SMILES string of the molecule is CNc1cccc(C(=O)N(CCO)Cc2ccccc2)n1. The van der Waals surface area contributed by atoms with Crippen LogP contribution in [0, 0.1) is 0 Å². The van der Waals surface area contributed by atoms with Crippen LogP contribution in [0.2, 0.25) is 0 Å². The second-order valence-electron chi connectivity index (χ2n) is 4.59. The van der Waals surface area contributed by atoms with Crippen molar-refractivity contribution >= 4 is 11.7 Å². The third-order valence-electron chi connectivity index (χ3n) is 3.10. The molecule has 5 nitrogen and oxygen atoms in total. The minimum atomic E-state index is -0.190. The normalized spacial score (nSPS) is 10.2. The number of hydrogen-bond acceptors (Lipinski definition) is 4. The van der Waals surface area contributed by atoms with Crippen molar-refractivity contribution in [2.75, 3.05) is 25.5 Å². The van der Waals surface area contributed by atoms with Crippen LogP contribution in [0.1, 0.15) is 16.1 Å². The van der Waals surface area contributed by atoms with Gasteiger partial charge in [0, 0.05) is 20.1 Å². The highest BCUT2D eigenvalue weighted by molar-refractivity contribution is 5.92. The van der Waals surface area contributed by atoms with Gasteiger partial charge >= 0.3 is 0 Å². The van der Waals surface area contributed by atoms with E-state index in [2.05, 4.69) is 10.3 Å². The first-order valence-electron chi connectivity index (χ1n) is 6.83. The predicted molar refractivity (Wildman–Crippen MR) is 82.1 cm³/mol. The van der Waals surface area contributed by atoms with Gasteiger partial charge in [-0.2, -0.15) is 0 Å². The third kappa shape index (κ3) is 4.03. The zero-order chi connectivity index (χ0) is 15.1. The van der Waals surface area contributed by atoms with Gasteiger partial charge < -0.3 is 15.3 Å². The molecule has 0 aliphatic rings. The van der Waals surface area contributed by atoms with E-state index in [4.69, 9.17) is 0 Å². The molecule has 0 saturated carbocycles. The molecule has 2 N–H and O–H groups in total. The zero-order valence-corrected chi connectivity index (χ0v) is 12.0. The van der Waals surface area contributed by atoms with Crippen LogP contribution in [-0.4, -0.2) is 41.1 Å². The number of aliphatic hydroxyl groups excluding tert-OH is 1. The number of nitrogens with one attached hydrogen (secondary N) is 1. The molecule has 2 rings (SSSR count). The first kappa shape index (κ1) is 15.0. The number of nitrogens with zero attached hydrogens (tertiary/aromatic N) is 2. The Balaban J connectivity index is 2.18. The quantitative estimate of drug-likeness (QED) is 0.849. The lowest BCUT2D eigenvalue weighted by molar-refractivity contribution is 0.0702. The molecule has 0 radical (unpaired) electrons. The van der Waals surface area contributed by atoms with Gasteiger partial charge in [-0.3, -0.25) is 4.79 Å². The molecule has 0 fully saturated rings. The maximum absolute atomic E-state index is 12.5. The minimum Gasteiger partial charge on any atom is -0.395 e. The Labute approximate surface area is 124 Å².